The van der Waals surface area contributed by atoms with E-state index < -0.39 is 5.82 Å². The van der Waals surface area contributed by atoms with Crippen LogP contribution in [0.3, 0.4) is 0 Å². The summed E-state index contributed by atoms with van der Waals surface area (Å²) in [5, 5.41) is -0.0478. The number of benzene rings is 2. The molecule has 0 amide bonds. The van der Waals surface area contributed by atoms with Crippen LogP contribution >= 0.6 is 23.2 Å². The average molecular weight is 310 g/mol. The number of fused-ring (bicyclic) bond motifs is 1. The highest BCUT2D eigenvalue weighted by molar-refractivity contribution is 6.35. The molecule has 20 heavy (non-hydrogen) atoms. The maximum atomic E-state index is 13.5. The van der Waals surface area contributed by atoms with E-state index >= 15 is 0 Å². The van der Waals surface area contributed by atoms with Crippen LogP contribution in [-0.4, -0.2) is 9.55 Å². The van der Waals surface area contributed by atoms with Crippen LogP contribution in [0.2, 0.25) is 10.0 Å². The van der Waals surface area contributed by atoms with Crippen molar-refractivity contribution >= 4 is 39.9 Å². The molecule has 102 valence electrons. The van der Waals surface area contributed by atoms with Crippen LogP contribution in [0.1, 0.15) is 5.82 Å². The number of hydrogen-bond acceptors (Lipinski definition) is 2. The highest BCUT2D eigenvalue weighted by Gasteiger charge is 2.13. The zero-order valence-electron chi connectivity index (χ0n) is 10.5. The lowest BCUT2D eigenvalue weighted by molar-refractivity contribution is 0.628. The van der Waals surface area contributed by atoms with Crippen molar-refractivity contribution in [3.05, 3.63) is 52.0 Å². The van der Waals surface area contributed by atoms with Crippen LogP contribution in [0, 0.1) is 12.7 Å². The monoisotopic (exact) mass is 309 g/mol. The molecule has 0 atom stereocenters. The first-order valence-corrected chi connectivity index (χ1v) is 6.62. The average Bonchev–Trinajstić information content (AvgIpc) is 2.70. The number of hydrogen-bond donors (Lipinski definition) is 1. The minimum Gasteiger partial charge on any atom is -0.399 e. The quantitative estimate of drug-likeness (QED) is 0.536. The van der Waals surface area contributed by atoms with Crippen LogP contribution in [0.5, 0.6) is 0 Å². The van der Waals surface area contributed by atoms with Crippen molar-refractivity contribution in [1.82, 2.24) is 9.55 Å². The van der Waals surface area contributed by atoms with Crippen molar-refractivity contribution in [2.45, 2.75) is 6.92 Å². The van der Waals surface area contributed by atoms with Crippen LogP contribution < -0.4 is 5.73 Å². The molecule has 2 N–H and O–H groups in total. The predicted molar refractivity (Wildman–Crippen MR) is 80.2 cm³/mol. The van der Waals surface area contributed by atoms with Crippen molar-refractivity contribution in [3.8, 4) is 5.69 Å². The Morgan fingerprint density at radius 2 is 1.80 bits per heavy atom. The van der Waals surface area contributed by atoms with Gasteiger partial charge < -0.3 is 5.73 Å². The van der Waals surface area contributed by atoms with E-state index in [2.05, 4.69) is 4.98 Å². The number of aryl methyl sites for hydroxylation is 1. The van der Waals surface area contributed by atoms with Gasteiger partial charge in [-0.2, -0.15) is 0 Å². The minimum atomic E-state index is -0.622. The normalized spacial score (nSPS) is 11.2. The molecule has 0 radical (unpaired) electrons. The summed E-state index contributed by atoms with van der Waals surface area (Å²) >= 11 is 11.7. The van der Waals surface area contributed by atoms with E-state index in [0.29, 0.717) is 11.4 Å². The summed E-state index contributed by atoms with van der Waals surface area (Å²) in [6.07, 6.45) is 0. The molecule has 0 saturated carbocycles. The first-order valence-electron chi connectivity index (χ1n) is 5.87. The molecule has 3 nitrogen and oxygen atoms in total. The molecule has 0 fully saturated rings. The van der Waals surface area contributed by atoms with E-state index in [1.165, 1.54) is 12.1 Å². The Kier molecular flexibility index (Phi) is 3.07. The van der Waals surface area contributed by atoms with Gasteiger partial charge in [0.1, 0.15) is 5.82 Å². The van der Waals surface area contributed by atoms with E-state index in [1.54, 1.807) is 12.1 Å². The van der Waals surface area contributed by atoms with Crippen molar-refractivity contribution in [2.75, 3.05) is 5.73 Å². The summed E-state index contributed by atoms with van der Waals surface area (Å²) in [7, 11) is 0. The molecular weight excluding hydrogens is 300 g/mol. The predicted octanol–water partition coefficient (Wildman–Crippen LogP) is 4.36. The molecule has 0 aliphatic rings. The first-order chi connectivity index (χ1) is 9.47. The molecular formula is C14H10Cl2FN3. The fourth-order valence-corrected chi connectivity index (χ4v) is 2.69. The summed E-state index contributed by atoms with van der Waals surface area (Å²) in [5.41, 5.74) is 8.66. The van der Waals surface area contributed by atoms with Gasteiger partial charge in [0.2, 0.25) is 0 Å². The van der Waals surface area contributed by atoms with Crippen molar-refractivity contribution in [2.24, 2.45) is 0 Å². The number of rotatable bonds is 1. The molecule has 6 heteroatoms. The van der Waals surface area contributed by atoms with Crippen molar-refractivity contribution in [3.63, 3.8) is 0 Å². The molecule has 0 bridgehead atoms. The number of nitrogens with zero attached hydrogens (tertiary/aromatic N) is 2. The molecule has 0 aliphatic heterocycles. The molecule has 3 rings (SSSR count). The lowest BCUT2D eigenvalue weighted by Crippen LogP contribution is -1.98. The number of aromatic nitrogens is 2. The van der Waals surface area contributed by atoms with E-state index in [9.17, 15) is 4.39 Å². The molecule has 0 saturated heterocycles. The van der Waals surface area contributed by atoms with Crippen molar-refractivity contribution in [1.29, 1.82) is 0 Å². The first kappa shape index (κ1) is 13.2. The highest BCUT2D eigenvalue weighted by atomic mass is 35.5. The van der Waals surface area contributed by atoms with Gasteiger partial charge in [0.15, 0.2) is 5.82 Å². The summed E-state index contributed by atoms with van der Waals surface area (Å²) < 4.78 is 15.4. The lowest BCUT2D eigenvalue weighted by Gasteiger charge is -2.09. The fourth-order valence-electron chi connectivity index (χ4n) is 2.21. The molecule has 2 aromatic carbocycles. The molecule has 3 aromatic rings. The lowest BCUT2D eigenvalue weighted by atomic mass is 10.2. The Morgan fingerprint density at radius 3 is 2.45 bits per heavy atom. The van der Waals surface area contributed by atoms with Gasteiger partial charge in [-0.05, 0) is 37.3 Å². The van der Waals surface area contributed by atoms with Gasteiger partial charge in [0.25, 0.3) is 0 Å². The maximum absolute atomic E-state index is 13.5. The molecule has 1 heterocycles. The fraction of sp³-hybridized carbons (Fsp3) is 0.0714. The SMILES string of the molecule is Cc1nc2cc(N)ccc2n1-c1cc(Cl)c(F)c(Cl)c1. The molecule has 0 spiro atoms. The van der Waals surface area contributed by atoms with Gasteiger partial charge in [0.05, 0.1) is 26.8 Å². The number of halogens is 3. The Hall–Kier alpha value is -1.78. The van der Waals surface area contributed by atoms with Crippen LogP contribution in [0.15, 0.2) is 30.3 Å². The smallest absolute Gasteiger partial charge is 0.160 e. The Morgan fingerprint density at radius 1 is 1.15 bits per heavy atom. The number of nitrogens with two attached hydrogens (primary N) is 1. The maximum Gasteiger partial charge on any atom is 0.160 e. The van der Waals surface area contributed by atoms with Crippen LogP contribution in [0.4, 0.5) is 10.1 Å². The summed E-state index contributed by atoms with van der Waals surface area (Å²) in [6.45, 7) is 1.85. The van der Waals surface area contributed by atoms with Gasteiger partial charge in [-0.1, -0.05) is 23.2 Å². The Labute approximate surface area is 124 Å². The molecule has 1 aromatic heterocycles. The largest absolute Gasteiger partial charge is 0.399 e. The molecule has 0 unspecified atom stereocenters. The Balaban J connectivity index is 2.32. The number of nitrogen functional groups attached to an aromatic ring is 1. The van der Waals surface area contributed by atoms with Gasteiger partial charge in [-0.25, -0.2) is 9.37 Å². The number of imidazole rings is 1. The zero-order valence-corrected chi connectivity index (χ0v) is 12.0. The van der Waals surface area contributed by atoms with Gasteiger partial charge >= 0.3 is 0 Å². The van der Waals surface area contributed by atoms with Crippen LogP contribution in [-0.2, 0) is 0 Å². The minimum absolute atomic E-state index is 0.0239. The second-order valence-electron chi connectivity index (χ2n) is 4.47. The van der Waals surface area contributed by atoms with Crippen molar-refractivity contribution < 1.29 is 4.39 Å². The summed E-state index contributed by atoms with van der Waals surface area (Å²) in [6, 6.07) is 8.47. The third kappa shape index (κ3) is 2.01. The summed E-state index contributed by atoms with van der Waals surface area (Å²) in [4.78, 5) is 4.44. The third-order valence-corrected chi connectivity index (χ3v) is 3.62. The second kappa shape index (κ2) is 4.65. The highest BCUT2D eigenvalue weighted by Crippen LogP contribution is 2.30. The Bertz CT molecular complexity index is 804. The van der Waals surface area contributed by atoms with E-state index in [1.807, 2.05) is 17.6 Å². The van der Waals surface area contributed by atoms with E-state index in [0.717, 1.165) is 16.9 Å². The third-order valence-electron chi connectivity index (χ3n) is 3.07. The van der Waals surface area contributed by atoms with Gasteiger partial charge in [-0.15, -0.1) is 0 Å². The number of anilines is 1. The second-order valence-corrected chi connectivity index (χ2v) is 5.28. The van der Waals surface area contributed by atoms with Gasteiger partial charge in [0, 0.05) is 5.69 Å². The van der Waals surface area contributed by atoms with Gasteiger partial charge in [-0.3, -0.25) is 4.57 Å². The van der Waals surface area contributed by atoms with Crippen LogP contribution in [0.25, 0.3) is 16.7 Å². The standard InChI is InChI=1S/C14H10Cl2FN3/c1-7-19-12-4-8(18)2-3-13(12)20(7)9-5-10(15)14(17)11(16)6-9/h2-6H,18H2,1H3. The van der Waals surface area contributed by atoms with E-state index in [-0.39, 0.29) is 10.0 Å². The zero-order chi connectivity index (χ0) is 14.4. The topological polar surface area (TPSA) is 43.8 Å². The summed E-state index contributed by atoms with van der Waals surface area (Å²) in [5.74, 6) is 0.118. The molecule has 0 aliphatic carbocycles. The van der Waals surface area contributed by atoms with E-state index in [4.69, 9.17) is 28.9 Å².